The van der Waals surface area contributed by atoms with Crippen LogP contribution in [-0.2, 0) is 10.0 Å². The molecule has 1 unspecified atom stereocenters. The number of pyridine rings is 2. The third-order valence-electron chi connectivity index (χ3n) is 7.75. The van der Waals surface area contributed by atoms with Gasteiger partial charge in [0.2, 0.25) is 10.0 Å². The molecule has 1 N–H and O–H groups in total. The van der Waals surface area contributed by atoms with Crippen molar-refractivity contribution >= 4 is 37.6 Å². The first-order chi connectivity index (χ1) is 19.0. The Bertz CT molecular complexity index is 1530. The van der Waals surface area contributed by atoms with Crippen LogP contribution in [0.5, 0.6) is 11.5 Å². The third-order valence-corrected chi connectivity index (χ3v) is 9.56. The number of benzene rings is 1. The van der Waals surface area contributed by atoms with Crippen molar-refractivity contribution in [3.8, 4) is 11.5 Å². The number of piperidine rings is 1. The topological polar surface area (TPSA) is 104 Å². The van der Waals surface area contributed by atoms with Gasteiger partial charge in [-0.3, -0.25) is 4.90 Å². The first-order valence-electron chi connectivity index (χ1n) is 13.4. The van der Waals surface area contributed by atoms with Crippen molar-refractivity contribution in [2.75, 3.05) is 63.8 Å². The minimum atomic E-state index is -3.40. The van der Waals surface area contributed by atoms with Crippen LogP contribution in [0.25, 0.3) is 21.9 Å². The number of aromatic amines is 1. The van der Waals surface area contributed by atoms with Gasteiger partial charge < -0.3 is 19.4 Å². The molecule has 1 aromatic carbocycles. The Hall–Kier alpha value is -3.41. The summed E-state index contributed by atoms with van der Waals surface area (Å²) in [5.41, 5.74) is 2.83. The van der Waals surface area contributed by atoms with Crippen LogP contribution in [0.15, 0.2) is 55.0 Å². The van der Waals surface area contributed by atoms with Crippen LogP contribution >= 0.6 is 0 Å². The number of nitrogens with zero attached hydrogens (tertiary/aromatic N) is 5. The summed E-state index contributed by atoms with van der Waals surface area (Å²) < 4.78 is 39.6. The minimum Gasteiger partial charge on any atom is -0.497 e. The van der Waals surface area contributed by atoms with Crippen molar-refractivity contribution in [1.29, 1.82) is 0 Å². The lowest BCUT2D eigenvalue weighted by molar-refractivity contribution is 0.177. The number of aromatic nitrogens is 3. The van der Waals surface area contributed by atoms with Gasteiger partial charge in [0.05, 0.1) is 25.4 Å². The SMILES string of the molecule is COc1ccc(OCC2CCCN(S(=O)(=O)CN3CCN(c4cc[nH]c5cnc6nccc6c45)CC3)C2)cc1. The van der Waals surface area contributed by atoms with Crippen molar-refractivity contribution in [2.45, 2.75) is 12.8 Å². The maximum atomic E-state index is 13.4. The van der Waals surface area contributed by atoms with Crippen LogP contribution in [0.2, 0.25) is 0 Å². The molecular weight excluding hydrogens is 516 g/mol. The van der Waals surface area contributed by atoms with E-state index < -0.39 is 10.0 Å². The van der Waals surface area contributed by atoms with Gasteiger partial charge in [0.25, 0.3) is 0 Å². The lowest BCUT2D eigenvalue weighted by atomic mass is 10.0. The number of hydrogen-bond donors (Lipinski definition) is 1. The molecule has 0 radical (unpaired) electrons. The highest BCUT2D eigenvalue weighted by Crippen LogP contribution is 2.32. The second-order valence-electron chi connectivity index (χ2n) is 10.3. The molecule has 5 heterocycles. The van der Waals surface area contributed by atoms with Crippen molar-refractivity contribution in [2.24, 2.45) is 5.92 Å². The van der Waals surface area contributed by atoms with E-state index in [1.807, 2.05) is 42.7 Å². The molecule has 0 aliphatic carbocycles. The van der Waals surface area contributed by atoms with E-state index in [1.54, 1.807) is 17.6 Å². The fourth-order valence-corrected chi connectivity index (χ4v) is 7.36. The smallest absolute Gasteiger partial charge is 0.227 e. The molecule has 11 heteroatoms. The van der Waals surface area contributed by atoms with E-state index >= 15 is 0 Å². The number of anilines is 1. The highest BCUT2D eigenvalue weighted by molar-refractivity contribution is 7.89. The molecule has 0 amide bonds. The van der Waals surface area contributed by atoms with Crippen LogP contribution < -0.4 is 14.4 Å². The Kier molecular flexibility index (Phi) is 7.28. The molecule has 39 heavy (non-hydrogen) atoms. The standard InChI is InChI=1S/C28H34N6O4S/c1-37-22-4-6-23(7-5-22)38-19-21-3-2-12-34(18-21)39(35,36)20-32-13-15-33(16-14-32)26-9-11-29-25-17-31-28-24(27(25)26)8-10-30-28/h4-11,17,21,29H,2-3,12-16,18-20H2,1H3. The summed E-state index contributed by atoms with van der Waals surface area (Å²) in [6.07, 6.45) is 7.36. The first-order valence-corrected chi connectivity index (χ1v) is 15.0. The number of H-pyrrole nitrogens is 1. The van der Waals surface area contributed by atoms with Gasteiger partial charge in [-0.2, -0.15) is 0 Å². The minimum absolute atomic E-state index is 0.0527. The quantitative estimate of drug-likeness (QED) is 0.356. The highest BCUT2D eigenvalue weighted by atomic mass is 32.2. The van der Waals surface area contributed by atoms with Crippen molar-refractivity contribution in [3.63, 3.8) is 0 Å². The second-order valence-corrected chi connectivity index (χ2v) is 12.2. The molecule has 0 bridgehead atoms. The van der Waals surface area contributed by atoms with Gasteiger partial charge in [-0.1, -0.05) is 0 Å². The Balaban J connectivity index is 1.05. The summed E-state index contributed by atoms with van der Waals surface area (Å²) in [5, 5.41) is 2.14. The molecule has 2 aliphatic heterocycles. The Morgan fingerprint density at radius 1 is 1.00 bits per heavy atom. The van der Waals surface area contributed by atoms with E-state index in [0.717, 1.165) is 65.1 Å². The van der Waals surface area contributed by atoms with Crippen molar-refractivity contribution in [3.05, 3.63) is 55.0 Å². The highest BCUT2D eigenvalue weighted by Gasteiger charge is 2.32. The molecule has 1 atom stereocenters. The van der Waals surface area contributed by atoms with E-state index in [1.165, 1.54) is 0 Å². The fourth-order valence-electron chi connectivity index (χ4n) is 5.63. The molecule has 2 fully saturated rings. The average Bonchev–Trinajstić information content (AvgIpc) is 3.46. The molecule has 6 rings (SSSR count). The number of rotatable bonds is 8. The predicted molar refractivity (Wildman–Crippen MR) is 152 cm³/mol. The number of sulfonamides is 1. The molecule has 4 aromatic rings. The average molecular weight is 551 g/mol. The maximum absolute atomic E-state index is 13.4. The van der Waals surface area contributed by atoms with Crippen LogP contribution in [0.3, 0.4) is 0 Å². The number of piperazine rings is 1. The molecule has 3 aromatic heterocycles. The van der Waals surface area contributed by atoms with E-state index in [4.69, 9.17) is 9.47 Å². The van der Waals surface area contributed by atoms with Gasteiger partial charge in [-0.05, 0) is 49.2 Å². The van der Waals surface area contributed by atoms with Crippen LogP contribution in [0, 0.1) is 5.92 Å². The van der Waals surface area contributed by atoms with E-state index in [2.05, 4.69) is 30.8 Å². The Morgan fingerprint density at radius 3 is 2.59 bits per heavy atom. The largest absolute Gasteiger partial charge is 0.497 e. The number of fused-ring (bicyclic) bond motifs is 3. The summed E-state index contributed by atoms with van der Waals surface area (Å²) in [7, 11) is -1.77. The summed E-state index contributed by atoms with van der Waals surface area (Å²) in [5.74, 6) is 1.77. The lowest BCUT2D eigenvalue weighted by Gasteiger charge is -2.38. The number of hydrogen-bond acceptors (Lipinski definition) is 8. The third kappa shape index (κ3) is 5.52. The summed E-state index contributed by atoms with van der Waals surface area (Å²) in [6.45, 7) is 4.46. The van der Waals surface area contributed by atoms with E-state index in [0.29, 0.717) is 32.8 Å². The number of methoxy groups -OCH3 is 1. The van der Waals surface area contributed by atoms with Crippen molar-refractivity contribution in [1.82, 2.24) is 24.2 Å². The van der Waals surface area contributed by atoms with Gasteiger partial charge >= 0.3 is 0 Å². The Labute approximate surface area is 228 Å². The normalized spacial score (nSPS) is 19.5. The molecule has 0 saturated carbocycles. The summed E-state index contributed by atoms with van der Waals surface area (Å²) in [4.78, 5) is 16.5. The van der Waals surface area contributed by atoms with Crippen LogP contribution in [-0.4, -0.2) is 91.4 Å². The maximum Gasteiger partial charge on any atom is 0.227 e. The summed E-state index contributed by atoms with van der Waals surface area (Å²) >= 11 is 0. The van der Waals surface area contributed by atoms with Gasteiger partial charge in [0.15, 0.2) is 5.65 Å². The van der Waals surface area contributed by atoms with Gasteiger partial charge in [0, 0.05) is 74.0 Å². The first kappa shape index (κ1) is 25.8. The molecule has 2 aliphatic rings. The second kappa shape index (κ2) is 11.0. The number of ether oxygens (including phenoxy) is 2. The number of nitrogens with one attached hydrogen (secondary N) is 1. The van der Waals surface area contributed by atoms with Crippen LogP contribution in [0.4, 0.5) is 5.69 Å². The Morgan fingerprint density at radius 2 is 1.79 bits per heavy atom. The molecule has 206 valence electrons. The van der Waals surface area contributed by atoms with Gasteiger partial charge in [0.1, 0.15) is 17.4 Å². The lowest BCUT2D eigenvalue weighted by Crippen LogP contribution is -2.51. The molecule has 2 saturated heterocycles. The molecule has 10 nitrogen and oxygen atoms in total. The zero-order valence-corrected chi connectivity index (χ0v) is 22.9. The molecular formula is C28H34N6O4S. The zero-order valence-electron chi connectivity index (χ0n) is 22.1. The van der Waals surface area contributed by atoms with Gasteiger partial charge in [-0.25, -0.2) is 22.7 Å². The predicted octanol–water partition coefficient (Wildman–Crippen LogP) is 3.32. The van der Waals surface area contributed by atoms with Gasteiger partial charge in [-0.15, -0.1) is 0 Å². The molecule has 0 spiro atoms. The summed E-state index contributed by atoms with van der Waals surface area (Å²) in [6, 6.07) is 11.6. The van der Waals surface area contributed by atoms with E-state index in [-0.39, 0.29) is 11.8 Å². The zero-order chi connectivity index (χ0) is 26.8. The van der Waals surface area contributed by atoms with E-state index in [9.17, 15) is 8.42 Å². The monoisotopic (exact) mass is 550 g/mol. The van der Waals surface area contributed by atoms with Crippen LogP contribution in [0.1, 0.15) is 12.8 Å². The van der Waals surface area contributed by atoms with Crippen molar-refractivity contribution < 1.29 is 17.9 Å². The fraction of sp³-hybridized carbons (Fsp3) is 0.429.